The first-order chi connectivity index (χ1) is 10.00. The number of halogens is 1. The average Bonchev–Trinajstić information content (AvgIpc) is 2.81. The summed E-state index contributed by atoms with van der Waals surface area (Å²) in [6.07, 6.45) is 1.88. The topological polar surface area (TPSA) is 38.5 Å². The van der Waals surface area contributed by atoms with E-state index in [0.29, 0.717) is 12.4 Å². The first-order valence-corrected chi connectivity index (χ1v) is 7.92. The highest BCUT2D eigenvalue weighted by Gasteiger charge is 2.29. The molecule has 1 heterocycles. The molecular weight excluding hydrogens is 267 g/mol. The number of nitrogens with zero attached hydrogens (tertiary/aromatic N) is 1. The fourth-order valence-corrected chi connectivity index (χ4v) is 2.53. The van der Waals surface area contributed by atoms with Gasteiger partial charge in [-0.2, -0.15) is 0 Å². The maximum Gasteiger partial charge on any atom is 0.165 e. The minimum absolute atomic E-state index is 0.0654. The van der Waals surface area contributed by atoms with Gasteiger partial charge in [-0.1, -0.05) is 19.9 Å². The Morgan fingerprint density at radius 3 is 2.62 bits per heavy atom. The van der Waals surface area contributed by atoms with E-state index in [2.05, 4.69) is 11.8 Å². The van der Waals surface area contributed by atoms with Gasteiger partial charge in [0.2, 0.25) is 0 Å². The molecule has 4 heteroatoms. The van der Waals surface area contributed by atoms with Gasteiger partial charge in [0.05, 0.1) is 6.61 Å². The minimum atomic E-state index is -0.274. The lowest BCUT2D eigenvalue weighted by atomic mass is 10.0. The van der Waals surface area contributed by atoms with Gasteiger partial charge in [-0.05, 0) is 44.4 Å². The molecule has 2 N–H and O–H groups in total. The molecule has 0 unspecified atom stereocenters. The van der Waals surface area contributed by atoms with E-state index in [1.807, 2.05) is 26.8 Å². The Morgan fingerprint density at radius 2 is 2.10 bits per heavy atom. The summed E-state index contributed by atoms with van der Waals surface area (Å²) >= 11 is 0. The second kappa shape index (κ2) is 8.35. The Bertz CT molecular complexity index is 435. The molecule has 1 atom stereocenters. The Hall–Kier alpha value is -1.13. The van der Waals surface area contributed by atoms with Crippen LogP contribution in [-0.2, 0) is 6.42 Å². The van der Waals surface area contributed by atoms with Gasteiger partial charge in [0, 0.05) is 25.2 Å². The number of hydrogen-bond donors (Lipinski definition) is 1. The van der Waals surface area contributed by atoms with Gasteiger partial charge in [-0.3, -0.25) is 0 Å². The van der Waals surface area contributed by atoms with Crippen LogP contribution in [-0.4, -0.2) is 36.7 Å². The van der Waals surface area contributed by atoms with Crippen LogP contribution in [0, 0.1) is 5.82 Å². The molecule has 0 spiro atoms. The largest absolute Gasteiger partial charge is 0.491 e. The van der Waals surface area contributed by atoms with E-state index in [4.69, 9.17) is 10.5 Å². The SMILES string of the molecule is CC.CCOc1ccc(CCN2CC[C@@](C)(N)C2)cc1F. The molecule has 0 amide bonds. The summed E-state index contributed by atoms with van der Waals surface area (Å²) in [7, 11) is 0. The Balaban J connectivity index is 0.00000106. The molecule has 1 aliphatic rings. The zero-order valence-corrected chi connectivity index (χ0v) is 13.8. The quantitative estimate of drug-likeness (QED) is 0.906. The van der Waals surface area contributed by atoms with E-state index < -0.39 is 0 Å². The molecule has 0 saturated carbocycles. The second-order valence-electron chi connectivity index (χ2n) is 5.63. The van der Waals surface area contributed by atoms with Crippen molar-refractivity contribution in [2.24, 2.45) is 5.73 Å². The maximum atomic E-state index is 13.7. The minimum Gasteiger partial charge on any atom is -0.491 e. The standard InChI is InChI=1S/C15H23FN2O.C2H6/c1-3-19-14-5-4-12(10-13(14)16)6-8-18-9-7-15(2,17)11-18;1-2/h4-5,10H,3,6-9,11,17H2,1-2H3;1-2H3/t15-;/m1./s1. The summed E-state index contributed by atoms with van der Waals surface area (Å²) in [6, 6.07) is 5.22. The van der Waals surface area contributed by atoms with Crippen LogP contribution >= 0.6 is 0 Å². The van der Waals surface area contributed by atoms with Crippen molar-refractivity contribution in [3.05, 3.63) is 29.6 Å². The van der Waals surface area contributed by atoms with Gasteiger partial charge in [-0.25, -0.2) is 4.39 Å². The second-order valence-corrected chi connectivity index (χ2v) is 5.63. The van der Waals surface area contributed by atoms with Gasteiger partial charge >= 0.3 is 0 Å². The highest BCUT2D eigenvalue weighted by molar-refractivity contribution is 5.29. The number of likely N-dealkylation sites (tertiary alicyclic amines) is 1. The number of ether oxygens (including phenoxy) is 1. The van der Waals surface area contributed by atoms with Crippen molar-refractivity contribution in [1.29, 1.82) is 0 Å². The van der Waals surface area contributed by atoms with Crippen LogP contribution in [0.5, 0.6) is 5.75 Å². The summed E-state index contributed by atoms with van der Waals surface area (Å²) in [6.45, 7) is 11.3. The van der Waals surface area contributed by atoms with Gasteiger partial charge in [-0.15, -0.1) is 0 Å². The van der Waals surface area contributed by atoms with Crippen molar-refractivity contribution >= 4 is 0 Å². The lowest BCUT2D eigenvalue weighted by Gasteiger charge is -2.19. The van der Waals surface area contributed by atoms with Crippen molar-refractivity contribution in [2.75, 3.05) is 26.2 Å². The number of nitrogens with two attached hydrogens (primary N) is 1. The van der Waals surface area contributed by atoms with Gasteiger partial charge in [0.25, 0.3) is 0 Å². The first kappa shape index (κ1) is 17.9. The van der Waals surface area contributed by atoms with Crippen LogP contribution in [0.25, 0.3) is 0 Å². The third kappa shape index (κ3) is 5.64. The van der Waals surface area contributed by atoms with E-state index >= 15 is 0 Å². The maximum absolute atomic E-state index is 13.7. The Kier molecular flexibility index (Phi) is 7.12. The van der Waals surface area contributed by atoms with Gasteiger partial charge in [0.1, 0.15) is 0 Å². The van der Waals surface area contributed by atoms with Crippen molar-refractivity contribution in [3.8, 4) is 5.75 Å². The molecule has 0 radical (unpaired) electrons. The van der Waals surface area contributed by atoms with Gasteiger partial charge in [0.15, 0.2) is 11.6 Å². The monoisotopic (exact) mass is 296 g/mol. The van der Waals surface area contributed by atoms with Crippen LogP contribution in [0.1, 0.15) is 39.7 Å². The van der Waals surface area contributed by atoms with Crippen molar-refractivity contribution in [2.45, 2.75) is 46.1 Å². The number of hydrogen-bond acceptors (Lipinski definition) is 3. The first-order valence-electron chi connectivity index (χ1n) is 7.92. The van der Waals surface area contributed by atoms with Crippen LogP contribution in [0.2, 0.25) is 0 Å². The Labute approximate surface area is 128 Å². The summed E-state index contributed by atoms with van der Waals surface area (Å²) in [5.74, 6) is 0.0615. The predicted octanol–water partition coefficient (Wildman–Crippen LogP) is 3.22. The zero-order valence-electron chi connectivity index (χ0n) is 13.8. The normalized spacial score (nSPS) is 21.8. The highest BCUT2D eigenvalue weighted by atomic mass is 19.1. The molecule has 0 aliphatic carbocycles. The summed E-state index contributed by atoms with van der Waals surface area (Å²) < 4.78 is 18.9. The van der Waals surface area contributed by atoms with E-state index in [1.165, 1.54) is 0 Å². The number of rotatable bonds is 5. The smallest absolute Gasteiger partial charge is 0.165 e. The third-order valence-electron chi connectivity index (χ3n) is 3.60. The van der Waals surface area contributed by atoms with Gasteiger partial charge < -0.3 is 15.4 Å². The molecule has 1 fully saturated rings. The molecule has 21 heavy (non-hydrogen) atoms. The van der Waals surface area contributed by atoms with Crippen LogP contribution < -0.4 is 10.5 Å². The van der Waals surface area contributed by atoms with E-state index in [0.717, 1.165) is 38.0 Å². The lowest BCUT2D eigenvalue weighted by molar-refractivity contribution is 0.317. The summed E-state index contributed by atoms with van der Waals surface area (Å²) in [5.41, 5.74) is 7.04. The Morgan fingerprint density at radius 1 is 1.38 bits per heavy atom. The van der Waals surface area contributed by atoms with Crippen LogP contribution in [0.3, 0.4) is 0 Å². The number of benzene rings is 1. The van der Waals surface area contributed by atoms with Crippen molar-refractivity contribution in [1.82, 2.24) is 4.90 Å². The van der Waals surface area contributed by atoms with Crippen LogP contribution in [0.4, 0.5) is 4.39 Å². The molecule has 1 aromatic rings. The molecule has 1 saturated heterocycles. The lowest BCUT2D eigenvalue weighted by Crippen LogP contribution is -2.39. The third-order valence-corrected chi connectivity index (χ3v) is 3.60. The van der Waals surface area contributed by atoms with E-state index in [-0.39, 0.29) is 11.4 Å². The molecule has 120 valence electrons. The van der Waals surface area contributed by atoms with Crippen molar-refractivity contribution in [3.63, 3.8) is 0 Å². The molecule has 0 bridgehead atoms. The molecule has 0 aromatic heterocycles. The summed E-state index contributed by atoms with van der Waals surface area (Å²) in [4.78, 5) is 2.34. The summed E-state index contributed by atoms with van der Waals surface area (Å²) in [5, 5.41) is 0. The highest BCUT2D eigenvalue weighted by Crippen LogP contribution is 2.20. The molecule has 2 rings (SSSR count). The van der Waals surface area contributed by atoms with Crippen LogP contribution in [0.15, 0.2) is 18.2 Å². The molecule has 1 aliphatic heterocycles. The fraction of sp³-hybridized carbons (Fsp3) is 0.647. The van der Waals surface area contributed by atoms with E-state index in [1.54, 1.807) is 12.1 Å². The average molecular weight is 296 g/mol. The van der Waals surface area contributed by atoms with Crippen molar-refractivity contribution < 1.29 is 9.13 Å². The molecular formula is C17H29FN2O. The zero-order chi connectivity index (χ0) is 15.9. The fourth-order valence-electron chi connectivity index (χ4n) is 2.53. The molecule has 3 nitrogen and oxygen atoms in total. The molecule has 1 aromatic carbocycles. The predicted molar refractivity (Wildman–Crippen MR) is 86.3 cm³/mol. The van der Waals surface area contributed by atoms with E-state index in [9.17, 15) is 4.39 Å².